The molecule has 2 aliphatic rings. The van der Waals surface area contributed by atoms with E-state index in [4.69, 9.17) is 4.98 Å². The van der Waals surface area contributed by atoms with Crippen LogP contribution in [0.1, 0.15) is 36.0 Å². The van der Waals surface area contributed by atoms with E-state index in [-0.39, 0.29) is 11.7 Å². The second-order valence-corrected chi connectivity index (χ2v) is 6.63. The topological polar surface area (TPSA) is 49.3 Å². The normalized spacial score (nSPS) is 17.3. The molecule has 2 saturated heterocycles. The summed E-state index contributed by atoms with van der Waals surface area (Å²) in [7, 11) is 0. The van der Waals surface area contributed by atoms with E-state index in [2.05, 4.69) is 9.88 Å². The standard InChI is InChI=1S/C19H21FN4O/c20-15-7-5-14(6-8-15)17-21-13-16(19(25)24-11-3-4-12-24)18(22-17)23-9-1-2-10-23/h5-8,13H,1-4,9-12H2. The summed E-state index contributed by atoms with van der Waals surface area (Å²) < 4.78 is 13.2. The lowest BCUT2D eigenvalue weighted by atomic mass is 10.2. The zero-order valence-corrected chi connectivity index (χ0v) is 14.1. The quantitative estimate of drug-likeness (QED) is 0.861. The first kappa shape index (κ1) is 16.0. The molecule has 0 atom stereocenters. The van der Waals surface area contributed by atoms with Crippen LogP contribution >= 0.6 is 0 Å². The van der Waals surface area contributed by atoms with Crippen molar-refractivity contribution in [2.75, 3.05) is 31.1 Å². The Morgan fingerprint density at radius 2 is 1.60 bits per heavy atom. The van der Waals surface area contributed by atoms with Crippen LogP contribution < -0.4 is 4.90 Å². The highest BCUT2D eigenvalue weighted by molar-refractivity contribution is 5.99. The molecule has 1 amide bonds. The first-order valence-electron chi connectivity index (χ1n) is 8.89. The molecule has 2 aliphatic heterocycles. The van der Waals surface area contributed by atoms with E-state index in [1.54, 1.807) is 18.3 Å². The Labute approximate surface area is 146 Å². The van der Waals surface area contributed by atoms with Gasteiger partial charge in [0.05, 0.1) is 0 Å². The fourth-order valence-corrected chi connectivity index (χ4v) is 3.52. The molecule has 25 heavy (non-hydrogen) atoms. The van der Waals surface area contributed by atoms with Gasteiger partial charge in [-0.1, -0.05) is 0 Å². The van der Waals surface area contributed by atoms with Gasteiger partial charge < -0.3 is 9.80 Å². The third kappa shape index (κ3) is 3.21. The highest BCUT2D eigenvalue weighted by Gasteiger charge is 2.27. The van der Waals surface area contributed by atoms with Gasteiger partial charge in [0.15, 0.2) is 5.82 Å². The average Bonchev–Trinajstić information content (AvgIpc) is 3.35. The third-order valence-corrected chi connectivity index (χ3v) is 4.90. The Bertz CT molecular complexity index is 765. The summed E-state index contributed by atoms with van der Waals surface area (Å²) >= 11 is 0. The molecule has 5 nitrogen and oxygen atoms in total. The summed E-state index contributed by atoms with van der Waals surface area (Å²) in [5.74, 6) is 0.970. The summed E-state index contributed by atoms with van der Waals surface area (Å²) in [6.07, 6.45) is 5.96. The zero-order chi connectivity index (χ0) is 17.2. The highest BCUT2D eigenvalue weighted by atomic mass is 19.1. The van der Waals surface area contributed by atoms with Gasteiger partial charge in [-0.05, 0) is 49.9 Å². The molecule has 1 aromatic carbocycles. The van der Waals surface area contributed by atoms with Gasteiger partial charge in [0.2, 0.25) is 0 Å². The van der Waals surface area contributed by atoms with E-state index in [1.807, 2.05) is 4.90 Å². The molecular weight excluding hydrogens is 319 g/mol. The minimum Gasteiger partial charge on any atom is -0.356 e. The van der Waals surface area contributed by atoms with E-state index in [0.717, 1.165) is 57.4 Å². The number of hydrogen-bond acceptors (Lipinski definition) is 4. The lowest BCUT2D eigenvalue weighted by Gasteiger charge is -2.23. The smallest absolute Gasteiger partial charge is 0.259 e. The summed E-state index contributed by atoms with van der Waals surface area (Å²) in [5, 5.41) is 0. The maximum absolute atomic E-state index is 13.2. The molecule has 0 aliphatic carbocycles. The van der Waals surface area contributed by atoms with Crippen LogP contribution in [-0.2, 0) is 0 Å². The number of hydrogen-bond donors (Lipinski definition) is 0. The van der Waals surface area contributed by atoms with Gasteiger partial charge in [-0.15, -0.1) is 0 Å². The van der Waals surface area contributed by atoms with Crippen LogP contribution in [0.3, 0.4) is 0 Å². The van der Waals surface area contributed by atoms with Crippen LogP contribution in [0.15, 0.2) is 30.5 Å². The second-order valence-electron chi connectivity index (χ2n) is 6.63. The van der Waals surface area contributed by atoms with Crippen LogP contribution in [0, 0.1) is 5.82 Å². The monoisotopic (exact) mass is 340 g/mol. The molecule has 0 radical (unpaired) electrons. The minimum atomic E-state index is -0.288. The SMILES string of the molecule is O=C(c1cnc(-c2ccc(F)cc2)nc1N1CCCC1)N1CCCC1. The summed E-state index contributed by atoms with van der Waals surface area (Å²) in [5.41, 5.74) is 1.33. The van der Waals surface area contributed by atoms with Crippen molar-refractivity contribution in [2.45, 2.75) is 25.7 Å². The van der Waals surface area contributed by atoms with Gasteiger partial charge in [-0.25, -0.2) is 14.4 Å². The highest BCUT2D eigenvalue weighted by Crippen LogP contribution is 2.27. The first-order valence-corrected chi connectivity index (χ1v) is 8.89. The summed E-state index contributed by atoms with van der Waals surface area (Å²) in [6, 6.07) is 6.13. The van der Waals surface area contributed by atoms with Gasteiger partial charge in [-0.3, -0.25) is 4.79 Å². The van der Waals surface area contributed by atoms with Gasteiger partial charge in [0.1, 0.15) is 17.2 Å². The molecule has 3 heterocycles. The summed E-state index contributed by atoms with van der Waals surface area (Å²) in [4.78, 5) is 26.0. The second kappa shape index (κ2) is 6.78. The van der Waals surface area contributed by atoms with E-state index >= 15 is 0 Å². The van der Waals surface area contributed by atoms with Crippen LogP contribution in [0.5, 0.6) is 0 Å². The molecule has 0 bridgehead atoms. The lowest BCUT2D eigenvalue weighted by molar-refractivity contribution is 0.0792. The number of benzene rings is 1. The van der Waals surface area contributed by atoms with Crippen LogP contribution in [0.2, 0.25) is 0 Å². The van der Waals surface area contributed by atoms with E-state index < -0.39 is 0 Å². The fraction of sp³-hybridized carbons (Fsp3) is 0.421. The molecule has 4 rings (SSSR count). The van der Waals surface area contributed by atoms with E-state index in [0.29, 0.717) is 17.2 Å². The number of aromatic nitrogens is 2. The van der Waals surface area contributed by atoms with Crippen molar-refractivity contribution in [2.24, 2.45) is 0 Å². The molecule has 1 aromatic heterocycles. The number of rotatable bonds is 3. The largest absolute Gasteiger partial charge is 0.356 e. The number of likely N-dealkylation sites (tertiary alicyclic amines) is 1. The third-order valence-electron chi connectivity index (χ3n) is 4.90. The minimum absolute atomic E-state index is 0.0186. The van der Waals surface area contributed by atoms with Crippen LogP contribution in [0.25, 0.3) is 11.4 Å². The molecule has 2 fully saturated rings. The maximum atomic E-state index is 13.2. The van der Waals surface area contributed by atoms with Crippen molar-refractivity contribution in [3.63, 3.8) is 0 Å². The van der Waals surface area contributed by atoms with Gasteiger partial charge in [-0.2, -0.15) is 0 Å². The fourth-order valence-electron chi connectivity index (χ4n) is 3.52. The molecule has 6 heteroatoms. The Balaban J connectivity index is 1.73. The van der Waals surface area contributed by atoms with E-state index in [9.17, 15) is 9.18 Å². The first-order chi connectivity index (χ1) is 12.2. The molecule has 0 spiro atoms. The van der Waals surface area contributed by atoms with Crippen molar-refractivity contribution in [1.29, 1.82) is 0 Å². The summed E-state index contributed by atoms with van der Waals surface area (Å²) in [6.45, 7) is 3.41. The molecule has 130 valence electrons. The zero-order valence-electron chi connectivity index (χ0n) is 14.1. The molecule has 0 N–H and O–H groups in total. The maximum Gasteiger partial charge on any atom is 0.259 e. The molecule has 0 saturated carbocycles. The van der Waals surface area contributed by atoms with Crippen LogP contribution in [-0.4, -0.2) is 47.0 Å². The van der Waals surface area contributed by atoms with Crippen molar-refractivity contribution in [1.82, 2.24) is 14.9 Å². The van der Waals surface area contributed by atoms with Crippen molar-refractivity contribution in [3.8, 4) is 11.4 Å². The molecule has 2 aromatic rings. The van der Waals surface area contributed by atoms with E-state index in [1.165, 1.54) is 12.1 Å². The Morgan fingerprint density at radius 3 is 2.28 bits per heavy atom. The predicted octanol–water partition coefficient (Wildman–Crippen LogP) is 3.12. The van der Waals surface area contributed by atoms with Crippen molar-refractivity contribution >= 4 is 11.7 Å². The number of carbonyl (C=O) groups is 1. The van der Waals surface area contributed by atoms with Gasteiger partial charge >= 0.3 is 0 Å². The van der Waals surface area contributed by atoms with Crippen LogP contribution in [0.4, 0.5) is 10.2 Å². The Morgan fingerprint density at radius 1 is 0.960 bits per heavy atom. The number of halogens is 1. The van der Waals surface area contributed by atoms with Crippen molar-refractivity contribution in [3.05, 3.63) is 41.8 Å². The number of carbonyl (C=O) groups excluding carboxylic acids is 1. The predicted molar refractivity (Wildman–Crippen MR) is 94.0 cm³/mol. The Hall–Kier alpha value is -2.50. The van der Waals surface area contributed by atoms with Gasteiger partial charge in [0, 0.05) is 37.9 Å². The number of nitrogens with zero attached hydrogens (tertiary/aromatic N) is 4. The van der Waals surface area contributed by atoms with Crippen molar-refractivity contribution < 1.29 is 9.18 Å². The molecule has 0 unspecified atom stereocenters. The van der Waals surface area contributed by atoms with Gasteiger partial charge in [0.25, 0.3) is 5.91 Å². The number of amides is 1. The Kier molecular flexibility index (Phi) is 4.34. The average molecular weight is 340 g/mol. The number of anilines is 1. The lowest BCUT2D eigenvalue weighted by Crippen LogP contribution is -2.31. The molecular formula is C19H21FN4O.